The lowest BCUT2D eigenvalue weighted by atomic mass is 10.1. The van der Waals surface area contributed by atoms with Gasteiger partial charge >= 0.3 is 0 Å². The predicted molar refractivity (Wildman–Crippen MR) is 154 cm³/mol. The number of imidazole rings is 1. The SMILES string of the molecule is Nc1cccc(CNCCCNc2cnc(-c3ccccc3)c3nc(-c4nonc4N)n(C4CCCC4)c23)c1. The van der Waals surface area contributed by atoms with Crippen LogP contribution in [0.25, 0.3) is 33.8 Å². The molecule has 0 bridgehead atoms. The van der Waals surface area contributed by atoms with E-state index in [1.807, 2.05) is 42.6 Å². The Morgan fingerprint density at radius 1 is 0.949 bits per heavy atom. The fraction of sp³-hybridized carbons (Fsp3) is 0.310. The summed E-state index contributed by atoms with van der Waals surface area (Å²) in [5.41, 5.74) is 19.1. The highest BCUT2D eigenvalue weighted by molar-refractivity contribution is 5.99. The molecule has 3 heterocycles. The van der Waals surface area contributed by atoms with Crippen molar-refractivity contribution < 1.29 is 4.63 Å². The maximum Gasteiger partial charge on any atom is 0.199 e. The summed E-state index contributed by atoms with van der Waals surface area (Å²) in [6.07, 6.45) is 7.35. The molecule has 1 fully saturated rings. The smallest absolute Gasteiger partial charge is 0.199 e. The van der Waals surface area contributed by atoms with E-state index in [-0.39, 0.29) is 11.9 Å². The lowest BCUT2D eigenvalue weighted by molar-refractivity contribution is 0.310. The van der Waals surface area contributed by atoms with Crippen LogP contribution in [0.15, 0.2) is 65.4 Å². The van der Waals surface area contributed by atoms with Gasteiger partial charge in [-0.05, 0) is 53.8 Å². The van der Waals surface area contributed by atoms with Crippen LogP contribution in [0.2, 0.25) is 0 Å². The standard InChI is InChI=1S/C29H33N9O/c30-21-11-6-8-19(16-21)17-32-14-7-15-33-23-18-34-24(20-9-2-1-3-10-20)25-27(23)38(22-12-4-5-13-22)29(35-25)26-28(31)37-39-36-26/h1-3,6,8-11,16,18,22,32-33H,4-5,7,12-15,17,30H2,(H2,31,37). The highest BCUT2D eigenvalue weighted by Crippen LogP contribution is 2.41. The molecule has 39 heavy (non-hydrogen) atoms. The van der Waals surface area contributed by atoms with Crippen LogP contribution in [-0.2, 0) is 6.54 Å². The molecular formula is C29H33N9O. The summed E-state index contributed by atoms with van der Waals surface area (Å²) >= 11 is 0. The quantitative estimate of drug-likeness (QED) is 0.146. The van der Waals surface area contributed by atoms with E-state index in [2.05, 4.69) is 43.7 Å². The van der Waals surface area contributed by atoms with E-state index in [0.717, 1.165) is 72.6 Å². The normalized spacial score (nSPS) is 13.8. The summed E-state index contributed by atoms with van der Waals surface area (Å²) in [7, 11) is 0. The van der Waals surface area contributed by atoms with Gasteiger partial charge in [-0.1, -0.05) is 55.3 Å². The summed E-state index contributed by atoms with van der Waals surface area (Å²) in [5.74, 6) is 0.909. The van der Waals surface area contributed by atoms with Crippen LogP contribution in [0.3, 0.4) is 0 Å². The number of rotatable bonds is 10. The second-order valence-corrected chi connectivity index (χ2v) is 10.0. The van der Waals surface area contributed by atoms with Crippen LogP contribution < -0.4 is 22.1 Å². The van der Waals surface area contributed by atoms with Gasteiger partial charge in [0.1, 0.15) is 5.52 Å². The lowest BCUT2D eigenvalue weighted by Crippen LogP contribution is -2.18. The topological polar surface area (TPSA) is 146 Å². The third kappa shape index (κ3) is 5.15. The van der Waals surface area contributed by atoms with Crippen molar-refractivity contribution in [3.63, 3.8) is 0 Å². The summed E-state index contributed by atoms with van der Waals surface area (Å²) in [6, 6.07) is 18.4. The zero-order valence-electron chi connectivity index (χ0n) is 21.8. The van der Waals surface area contributed by atoms with Crippen LogP contribution in [0, 0.1) is 0 Å². The van der Waals surface area contributed by atoms with Crippen molar-refractivity contribution in [3.05, 3.63) is 66.4 Å². The molecule has 0 unspecified atom stereocenters. The first-order valence-electron chi connectivity index (χ1n) is 13.5. The zero-order chi connectivity index (χ0) is 26.6. The van der Waals surface area contributed by atoms with Crippen LogP contribution >= 0.6 is 0 Å². The number of nitrogens with one attached hydrogen (secondary N) is 2. The van der Waals surface area contributed by atoms with E-state index in [1.54, 1.807) is 0 Å². The Morgan fingerprint density at radius 3 is 2.56 bits per heavy atom. The van der Waals surface area contributed by atoms with Gasteiger partial charge in [-0.2, -0.15) is 0 Å². The van der Waals surface area contributed by atoms with E-state index in [9.17, 15) is 0 Å². The molecule has 6 rings (SSSR count). The van der Waals surface area contributed by atoms with Crippen molar-refractivity contribution in [2.24, 2.45) is 0 Å². The van der Waals surface area contributed by atoms with Crippen LogP contribution in [0.4, 0.5) is 17.2 Å². The molecule has 0 amide bonds. The van der Waals surface area contributed by atoms with Gasteiger partial charge < -0.3 is 26.7 Å². The second kappa shape index (κ2) is 11.1. The fourth-order valence-electron chi connectivity index (χ4n) is 5.45. The first kappa shape index (κ1) is 24.9. The van der Waals surface area contributed by atoms with Crippen molar-refractivity contribution in [1.82, 2.24) is 30.2 Å². The Hall–Kier alpha value is -4.44. The maximum atomic E-state index is 6.16. The molecule has 200 valence electrons. The summed E-state index contributed by atoms with van der Waals surface area (Å²) in [5, 5.41) is 15.1. The summed E-state index contributed by atoms with van der Waals surface area (Å²) in [4.78, 5) is 9.96. The van der Waals surface area contributed by atoms with Gasteiger partial charge in [0, 0.05) is 30.4 Å². The highest BCUT2D eigenvalue weighted by Gasteiger charge is 2.29. The average molecular weight is 524 g/mol. The molecule has 0 aliphatic heterocycles. The molecule has 0 saturated heterocycles. The first-order valence-corrected chi connectivity index (χ1v) is 13.5. The minimum atomic E-state index is 0.236. The minimum Gasteiger partial charge on any atom is -0.399 e. The molecule has 2 aromatic carbocycles. The summed E-state index contributed by atoms with van der Waals surface area (Å²) < 4.78 is 7.26. The number of nitrogens with zero attached hydrogens (tertiary/aromatic N) is 5. The second-order valence-electron chi connectivity index (χ2n) is 10.0. The van der Waals surface area contributed by atoms with E-state index in [0.29, 0.717) is 11.5 Å². The van der Waals surface area contributed by atoms with Crippen molar-refractivity contribution in [2.45, 2.75) is 44.7 Å². The number of nitrogens with two attached hydrogens (primary N) is 2. The summed E-state index contributed by atoms with van der Waals surface area (Å²) in [6.45, 7) is 2.44. The third-order valence-corrected chi connectivity index (χ3v) is 7.30. The van der Waals surface area contributed by atoms with Crippen LogP contribution in [0.5, 0.6) is 0 Å². The minimum absolute atomic E-state index is 0.236. The largest absolute Gasteiger partial charge is 0.399 e. The Morgan fingerprint density at radius 2 is 1.79 bits per heavy atom. The Bertz CT molecular complexity index is 1550. The van der Waals surface area contributed by atoms with Gasteiger partial charge in [0.25, 0.3) is 0 Å². The predicted octanol–water partition coefficient (Wildman–Crippen LogP) is 5.02. The monoisotopic (exact) mass is 523 g/mol. The lowest BCUT2D eigenvalue weighted by Gasteiger charge is -2.18. The molecule has 10 heteroatoms. The highest BCUT2D eigenvalue weighted by atomic mass is 16.6. The number of benzene rings is 2. The van der Waals surface area contributed by atoms with Crippen molar-refractivity contribution in [3.8, 4) is 22.8 Å². The molecular weight excluding hydrogens is 490 g/mol. The van der Waals surface area contributed by atoms with Gasteiger partial charge in [-0.15, -0.1) is 0 Å². The van der Waals surface area contributed by atoms with Gasteiger partial charge in [-0.3, -0.25) is 4.98 Å². The zero-order valence-corrected chi connectivity index (χ0v) is 21.8. The third-order valence-electron chi connectivity index (χ3n) is 7.30. The van der Waals surface area contributed by atoms with Gasteiger partial charge in [0.15, 0.2) is 17.3 Å². The average Bonchev–Trinajstić information content (AvgIpc) is 3.71. The number of aromatic nitrogens is 5. The van der Waals surface area contributed by atoms with Gasteiger partial charge in [-0.25, -0.2) is 9.61 Å². The Balaban J connectivity index is 1.31. The first-order chi connectivity index (χ1) is 19.2. The molecule has 0 spiro atoms. The Kier molecular flexibility index (Phi) is 7.09. The number of anilines is 3. The molecule has 1 saturated carbocycles. The van der Waals surface area contributed by atoms with Gasteiger partial charge in [0.2, 0.25) is 0 Å². The maximum absolute atomic E-state index is 6.16. The van der Waals surface area contributed by atoms with Crippen molar-refractivity contribution in [1.29, 1.82) is 0 Å². The number of nitrogen functional groups attached to an aromatic ring is 2. The number of hydrogen-bond donors (Lipinski definition) is 4. The molecule has 0 radical (unpaired) electrons. The van der Waals surface area contributed by atoms with Crippen LogP contribution in [0.1, 0.15) is 43.7 Å². The molecule has 1 aliphatic carbocycles. The molecule has 3 aromatic heterocycles. The molecule has 5 aromatic rings. The Labute approximate surface area is 226 Å². The molecule has 6 N–H and O–H groups in total. The number of pyridine rings is 1. The van der Waals surface area contributed by atoms with Crippen molar-refractivity contribution >= 4 is 28.2 Å². The molecule has 1 aliphatic rings. The van der Waals surface area contributed by atoms with E-state index in [4.69, 9.17) is 26.1 Å². The molecule has 0 atom stereocenters. The number of hydrogen-bond acceptors (Lipinski definition) is 9. The van der Waals surface area contributed by atoms with Gasteiger partial charge in [0.05, 0.1) is 23.1 Å². The van der Waals surface area contributed by atoms with Crippen molar-refractivity contribution in [2.75, 3.05) is 29.9 Å². The van der Waals surface area contributed by atoms with E-state index in [1.165, 1.54) is 18.4 Å². The van der Waals surface area contributed by atoms with Crippen LogP contribution in [-0.4, -0.2) is 37.9 Å². The fourth-order valence-corrected chi connectivity index (χ4v) is 5.45. The van der Waals surface area contributed by atoms with E-state index >= 15 is 0 Å². The molecule has 10 nitrogen and oxygen atoms in total. The van der Waals surface area contributed by atoms with E-state index < -0.39 is 0 Å². The number of fused-ring (bicyclic) bond motifs is 1.